The van der Waals surface area contributed by atoms with Crippen LogP contribution in [0.5, 0.6) is 0 Å². The first-order chi connectivity index (χ1) is 12.6. The molecule has 1 fully saturated rings. The molecule has 1 atom stereocenters. The van der Waals surface area contributed by atoms with E-state index in [1.54, 1.807) is 18.2 Å². The minimum Gasteiger partial charge on any atom is -0.347 e. The van der Waals surface area contributed by atoms with Gasteiger partial charge in [0.2, 0.25) is 5.91 Å². The van der Waals surface area contributed by atoms with E-state index in [0.29, 0.717) is 24.5 Å². The van der Waals surface area contributed by atoms with Gasteiger partial charge in [-0.1, -0.05) is 28.1 Å². The number of aromatic nitrogens is 2. The van der Waals surface area contributed by atoms with Gasteiger partial charge in [-0.25, -0.2) is 14.4 Å². The van der Waals surface area contributed by atoms with E-state index >= 15 is 0 Å². The van der Waals surface area contributed by atoms with Gasteiger partial charge in [-0.15, -0.1) is 0 Å². The molecule has 1 amide bonds. The average Bonchev–Trinajstić information content (AvgIpc) is 3.02. The number of fused-ring (bicyclic) bond motifs is 1. The SMILES string of the molecule is CN(c1ncnc2ccc(Br)cc12)C1CCN(c2ccccc2F)C1=O. The van der Waals surface area contributed by atoms with Gasteiger partial charge in [0.05, 0.1) is 11.2 Å². The fraction of sp³-hybridized carbons (Fsp3) is 0.211. The van der Waals surface area contributed by atoms with Gasteiger partial charge >= 0.3 is 0 Å². The highest BCUT2D eigenvalue weighted by molar-refractivity contribution is 9.10. The van der Waals surface area contributed by atoms with Crippen LogP contribution in [0.3, 0.4) is 0 Å². The molecule has 2 heterocycles. The molecule has 1 aliphatic rings. The number of halogens is 2. The van der Waals surface area contributed by atoms with Crippen molar-refractivity contribution in [1.29, 1.82) is 0 Å². The molecule has 4 rings (SSSR count). The lowest BCUT2D eigenvalue weighted by Gasteiger charge is -2.26. The van der Waals surface area contributed by atoms with Crippen LogP contribution in [-0.2, 0) is 4.79 Å². The van der Waals surface area contributed by atoms with Crippen LogP contribution in [0.25, 0.3) is 10.9 Å². The number of carbonyl (C=O) groups is 1. The number of anilines is 2. The maximum Gasteiger partial charge on any atom is 0.249 e. The second kappa shape index (κ2) is 6.64. The Morgan fingerprint density at radius 2 is 2.04 bits per heavy atom. The lowest BCUT2D eigenvalue weighted by atomic mass is 10.2. The molecule has 5 nitrogen and oxygen atoms in total. The predicted molar refractivity (Wildman–Crippen MR) is 103 cm³/mol. The maximum absolute atomic E-state index is 14.1. The number of hydrogen-bond donors (Lipinski definition) is 0. The Bertz CT molecular complexity index is 996. The van der Waals surface area contributed by atoms with Crippen molar-refractivity contribution in [3.63, 3.8) is 0 Å². The first-order valence-electron chi connectivity index (χ1n) is 8.25. The molecule has 1 unspecified atom stereocenters. The normalized spacial score (nSPS) is 17.1. The molecule has 0 N–H and O–H groups in total. The van der Waals surface area contributed by atoms with Crippen LogP contribution in [0, 0.1) is 5.82 Å². The van der Waals surface area contributed by atoms with Crippen molar-refractivity contribution in [2.45, 2.75) is 12.5 Å². The summed E-state index contributed by atoms with van der Waals surface area (Å²) in [5.41, 5.74) is 1.13. The summed E-state index contributed by atoms with van der Waals surface area (Å²) >= 11 is 3.47. The Morgan fingerprint density at radius 1 is 1.23 bits per heavy atom. The number of hydrogen-bond acceptors (Lipinski definition) is 4. The van der Waals surface area contributed by atoms with Gasteiger partial charge in [0.1, 0.15) is 24.0 Å². The van der Waals surface area contributed by atoms with Gasteiger partial charge in [0.25, 0.3) is 0 Å². The van der Waals surface area contributed by atoms with E-state index in [9.17, 15) is 9.18 Å². The fourth-order valence-corrected chi connectivity index (χ4v) is 3.74. The average molecular weight is 415 g/mol. The molecular formula is C19H16BrFN4O. The summed E-state index contributed by atoms with van der Waals surface area (Å²) in [5, 5.41) is 0.863. The smallest absolute Gasteiger partial charge is 0.249 e. The lowest BCUT2D eigenvalue weighted by Crippen LogP contribution is -2.40. The minimum absolute atomic E-state index is 0.126. The third-order valence-corrected chi connectivity index (χ3v) is 5.19. The molecule has 0 radical (unpaired) electrons. The van der Waals surface area contributed by atoms with Crippen molar-refractivity contribution in [2.75, 3.05) is 23.4 Å². The van der Waals surface area contributed by atoms with Crippen LogP contribution >= 0.6 is 15.9 Å². The number of likely N-dealkylation sites (N-methyl/N-ethyl adjacent to an activating group) is 1. The second-order valence-corrected chi connectivity index (χ2v) is 7.13. The monoisotopic (exact) mass is 414 g/mol. The Labute approximate surface area is 158 Å². The highest BCUT2D eigenvalue weighted by atomic mass is 79.9. The summed E-state index contributed by atoms with van der Waals surface area (Å²) in [4.78, 5) is 25.0. The molecule has 0 aliphatic carbocycles. The summed E-state index contributed by atoms with van der Waals surface area (Å²) < 4.78 is 15.0. The summed E-state index contributed by atoms with van der Waals surface area (Å²) in [6, 6.07) is 11.7. The molecule has 0 bridgehead atoms. The van der Waals surface area contributed by atoms with E-state index in [0.717, 1.165) is 15.4 Å². The van der Waals surface area contributed by atoms with E-state index < -0.39 is 6.04 Å². The zero-order chi connectivity index (χ0) is 18.3. The third-order valence-electron chi connectivity index (χ3n) is 4.70. The molecule has 7 heteroatoms. The number of nitrogens with zero attached hydrogens (tertiary/aromatic N) is 4. The number of amides is 1. The Hall–Kier alpha value is -2.54. The molecule has 0 saturated carbocycles. The minimum atomic E-state index is -0.397. The van der Waals surface area contributed by atoms with E-state index in [4.69, 9.17) is 0 Å². The van der Waals surface area contributed by atoms with Crippen molar-refractivity contribution < 1.29 is 9.18 Å². The third kappa shape index (κ3) is 2.82. The van der Waals surface area contributed by atoms with Gasteiger partial charge in [-0.05, 0) is 36.8 Å². The van der Waals surface area contributed by atoms with E-state index in [1.807, 2.05) is 30.1 Å². The number of benzene rings is 2. The number of rotatable bonds is 3. The Morgan fingerprint density at radius 3 is 2.85 bits per heavy atom. The number of carbonyl (C=O) groups excluding carboxylic acids is 1. The van der Waals surface area contributed by atoms with Crippen molar-refractivity contribution >= 4 is 44.2 Å². The lowest BCUT2D eigenvalue weighted by molar-refractivity contribution is -0.118. The fourth-order valence-electron chi connectivity index (χ4n) is 3.38. The van der Waals surface area contributed by atoms with Crippen LogP contribution < -0.4 is 9.80 Å². The highest BCUT2D eigenvalue weighted by Gasteiger charge is 2.37. The molecule has 3 aromatic rings. The van der Waals surface area contributed by atoms with Crippen LogP contribution in [0.1, 0.15) is 6.42 Å². The topological polar surface area (TPSA) is 49.3 Å². The molecule has 132 valence electrons. The molecule has 26 heavy (non-hydrogen) atoms. The van der Waals surface area contributed by atoms with Gasteiger partial charge in [-0.2, -0.15) is 0 Å². The summed E-state index contributed by atoms with van der Waals surface area (Å²) in [7, 11) is 1.84. The largest absolute Gasteiger partial charge is 0.347 e. The van der Waals surface area contributed by atoms with E-state index in [2.05, 4.69) is 25.9 Å². The van der Waals surface area contributed by atoms with Crippen molar-refractivity contribution in [3.8, 4) is 0 Å². The Kier molecular flexibility index (Phi) is 4.32. The quantitative estimate of drug-likeness (QED) is 0.654. The molecule has 2 aromatic carbocycles. The van der Waals surface area contributed by atoms with Crippen molar-refractivity contribution in [2.24, 2.45) is 0 Å². The van der Waals surface area contributed by atoms with Gasteiger partial charge in [-0.3, -0.25) is 4.79 Å². The highest BCUT2D eigenvalue weighted by Crippen LogP contribution is 2.31. The molecular weight excluding hydrogens is 399 g/mol. The standard InChI is InChI=1S/C19H16BrFN4O/c1-24(18-13-10-12(20)6-7-15(13)22-11-23-18)17-8-9-25(19(17)26)16-5-3-2-4-14(16)21/h2-7,10-11,17H,8-9H2,1H3. The second-order valence-electron chi connectivity index (χ2n) is 6.22. The zero-order valence-corrected chi connectivity index (χ0v) is 15.6. The van der Waals surface area contributed by atoms with Crippen molar-refractivity contribution in [3.05, 3.63) is 59.1 Å². The summed E-state index contributed by atoms with van der Waals surface area (Å²) in [5.74, 6) is 0.171. The summed E-state index contributed by atoms with van der Waals surface area (Å²) in [6.07, 6.45) is 2.10. The first kappa shape index (κ1) is 16.9. The van der Waals surface area contributed by atoms with Crippen LogP contribution in [0.15, 0.2) is 53.3 Å². The Balaban J connectivity index is 1.68. The number of para-hydroxylation sites is 1. The molecule has 1 aliphatic heterocycles. The van der Waals surface area contributed by atoms with Crippen LogP contribution in [0.4, 0.5) is 15.9 Å². The first-order valence-corrected chi connectivity index (χ1v) is 9.04. The van der Waals surface area contributed by atoms with E-state index in [1.165, 1.54) is 17.3 Å². The molecule has 1 saturated heterocycles. The van der Waals surface area contributed by atoms with Gasteiger partial charge in [0.15, 0.2) is 0 Å². The van der Waals surface area contributed by atoms with Gasteiger partial charge < -0.3 is 9.80 Å². The van der Waals surface area contributed by atoms with Crippen LogP contribution in [-0.4, -0.2) is 35.5 Å². The predicted octanol–water partition coefficient (Wildman–Crippen LogP) is 3.77. The van der Waals surface area contributed by atoms with E-state index in [-0.39, 0.29) is 11.7 Å². The molecule has 0 spiro atoms. The maximum atomic E-state index is 14.1. The molecule has 1 aromatic heterocycles. The summed E-state index contributed by atoms with van der Waals surface area (Å²) in [6.45, 7) is 0.474. The zero-order valence-electron chi connectivity index (χ0n) is 14.1. The van der Waals surface area contributed by atoms with Gasteiger partial charge in [0, 0.05) is 23.5 Å². The van der Waals surface area contributed by atoms with Crippen LogP contribution in [0.2, 0.25) is 0 Å². The van der Waals surface area contributed by atoms with Crippen molar-refractivity contribution in [1.82, 2.24) is 9.97 Å².